The molecular formula is C19H18N4O4S2. The van der Waals surface area contributed by atoms with E-state index in [0.717, 1.165) is 11.3 Å². The van der Waals surface area contributed by atoms with Crippen LogP contribution < -0.4 is 14.8 Å². The van der Waals surface area contributed by atoms with E-state index in [1.807, 2.05) is 6.07 Å². The minimum atomic E-state index is -0.702. The number of nitrogens with one attached hydrogen (secondary N) is 2. The first-order chi connectivity index (χ1) is 14.0. The van der Waals surface area contributed by atoms with Crippen molar-refractivity contribution in [1.29, 1.82) is 0 Å². The number of nitrogens with zero attached hydrogens (tertiary/aromatic N) is 2. The van der Waals surface area contributed by atoms with Gasteiger partial charge in [0, 0.05) is 24.9 Å². The number of thioether (sulfide) groups is 1. The number of aromatic nitrogens is 2. The first-order valence-electron chi connectivity index (χ1n) is 8.94. The number of carbonyl (C=O) groups excluding carboxylic acids is 2. The number of carbonyl (C=O) groups is 2. The molecule has 4 rings (SSSR count). The number of hydrogen-bond acceptors (Lipinski definition) is 7. The zero-order valence-corrected chi connectivity index (χ0v) is 17.1. The van der Waals surface area contributed by atoms with E-state index < -0.39 is 6.04 Å². The van der Waals surface area contributed by atoms with E-state index in [1.165, 1.54) is 16.7 Å². The number of H-pyrrole nitrogens is 1. The average molecular weight is 431 g/mol. The van der Waals surface area contributed by atoms with Gasteiger partial charge in [0.15, 0.2) is 11.5 Å². The van der Waals surface area contributed by atoms with Gasteiger partial charge in [0.2, 0.25) is 12.7 Å². The fraction of sp³-hybridized carbons (Fsp3) is 0.263. The number of amides is 2. The second-order valence-corrected chi connectivity index (χ2v) is 8.13. The minimum Gasteiger partial charge on any atom is -0.454 e. The number of aromatic amines is 1. The molecule has 10 heteroatoms. The average Bonchev–Trinajstić information content (AvgIpc) is 3.43. The molecular weight excluding hydrogens is 412 g/mol. The van der Waals surface area contributed by atoms with Gasteiger partial charge >= 0.3 is 0 Å². The second kappa shape index (κ2) is 8.26. The van der Waals surface area contributed by atoms with Crippen molar-refractivity contribution < 1.29 is 19.1 Å². The molecule has 8 nitrogen and oxygen atoms in total. The quantitative estimate of drug-likeness (QED) is 0.535. The summed E-state index contributed by atoms with van der Waals surface area (Å²) >= 11 is 6.53. The van der Waals surface area contributed by atoms with Crippen LogP contribution >= 0.6 is 24.0 Å². The molecule has 0 bridgehead atoms. The molecule has 0 aliphatic carbocycles. The Morgan fingerprint density at radius 2 is 2.28 bits per heavy atom. The van der Waals surface area contributed by atoms with Gasteiger partial charge in [-0.3, -0.25) is 14.5 Å². The van der Waals surface area contributed by atoms with E-state index in [9.17, 15) is 9.59 Å². The molecule has 2 aromatic rings. The largest absolute Gasteiger partial charge is 0.454 e. The van der Waals surface area contributed by atoms with Gasteiger partial charge in [-0.15, -0.1) is 0 Å². The lowest BCUT2D eigenvalue weighted by Crippen LogP contribution is -2.47. The Balaban J connectivity index is 1.41. The Kier molecular flexibility index (Phi) is 5.54. The van der Waals surface area contributed by atoms with Gasteiger partial charge in [0.25, 0.3) is 5.91 Å². The molecule has 2 aliphatic rings. The maximum Gasteiger partial charge on any atom is 0.266 e. The minimum absolute atomic E-state index is 0.188. The monoisotopic (exact) mass is 430 g/mol. The Labute approximate surface area is 176 Å². The molecule has 0 saturated carbocycles. The first kappa shape index (κ1) is 19.5. The van der Waals surface area contributed by atoms with Crippen molar-refractivity contribution in [2.24, 2.45) is 0 Å². The maximum atomic E-state index is 12.9. The van der Waals surface area contributed by atoms with Crippen molar-refractivity contribution in [2.75, 3.05) is 13.3 Å². The summed E-state index contributed by atoms with van der Waals surface area (Å²) in [6.07, 6.45) is 5.66. The van der Waals surface area contributed by atoms with Crippen LogP contribution in [0.5, 0.6) is 11.5 Å². The first-order valence-corrected chi connectivity index (χ1v) is 10.2. The fourth-order valence-electron chi connectivity index (χ4n) is 2.97. The molecule has 2 aliphatic heterocycles. The van der Waals surface area contributed by atoms with Gasteiger partial charge in [-0.25, -0.2) is 4.98 Å². The molecule has 1 aromatic carbocycles. The third-order valence-corrected chi connectivity index (χ3v) is 5.86. The zero-order valence-electron chi connectivity index (χ0n) is 15.5. The van der Waals surface area contributed by atoms with Crippen molar-refractivity contribution >= 4 is 46.2 Å². The summed E-state index contributed by atoms with van der Waals surface area (Å²) in [5.41, 5.74) is 1.72. The lowest BCUT2D eigenvalue weighted by molar-refractivity contribution is -0.132. The number of ether oxygens (including phenoxy) is 2. The number of rotatable bonds is 6. The molecule has 0 spiro atoms. The Bertz CT molecular complexity index is 990. The highest BCUT2D eigenvalue weighted by Crippen LogP contribution is 2.37. The van der Waals surface area contributed by atoms with Gasteiger partial charge in [0.1, 0.15) is 10.4 Å². The van der Waals surface area contributed by atoms with E-state index >= 15 is 0 Å². The van der Waals surface area contributed by atoms with E-state index in [4.69, 9.17) is 21.7 Å². The Hall–Kier alpha value is -2.85. The van der Waals surface area contributed by atoms with Crippen molar-refractivity contribution in [3.8, 4) is 11.5 Å². The topological polar surface area (TPSA) is 96.6 Å². The Morgan fingerprint density at radius 3 is 3.07 bits per heavy atom. The normalized spacial score (nSPS) is 17.8. The zero-order chi connectivity index (χ0) is 20.4. The number of fused-ring (bicyclic) bond motifs is 1. The molecule has 1 aromatic heterocycles. The van der Waals surface area contributed by atoms with E-state index in [1.54, 1.807) is 37.7 Å². The summed E-state index contributed by atoms with van der Waals surface area (Å²) < 4.78 is 11.0. The van der Waals surface area contributed by atoms with Crippen molar-refractivity contribution in [2.45, 2.75) is 19.4 Å². The maximum absolute atomic E-state index is 12.9. The smallest absolute Gasteiger partial charge is 0.266 e. The summed E-state index contributed by atoms with van der Waals surface area (Å²) in [5.74, 6) is 0.772. The summed E-state index contributed by atoms with van der Waals surface area (Å²) in [7, 11) is 0. The molecule has 3 heterocycles. The molecule has 150 valence electrons. The van der Waals surface area contributed by atoms with E-state index in [0.29, 0.717) is 33.7 Å². The number of imidazole rings is 1. The predicted octanol–water partition coefficient (Wildman–Crippen LogP) is 2.09. The number of hydrogen-bond donors (Lipinski definition) is 2. The predicted molar refractivity (Wildman–Crippen MR) is 112 cm³/mol. The lowest BCUT2D eigenvalue weighted by Gasteiger charge is -2.22. The second-order valence-electron chi connectivity index (χ2n) is 6.46. The lowest BCUT2D eigenvalue weighted by atomic mass is 10.2. The van der Waals surface area contributed by atoms with Gasteiger partial charge < -0.3 is 19.8 Å². The van der Waals surface area contributed by atoms with Gasteiger partial charge in [-0.2, -0.15) is 0 Å². The molecule has 2 N–H and O–H groups in total. The highest BCUT2D eigenvalue weighted by Gasteiger charge is 2.38. The van der Waals surface area contributed by atoms with E-state index in [-0.39, 0.29) is 18.6 Å². The van der Waals surface area contributed by atoms with Gasteiger partial charge in [-0.1, -0.05) is 30.0 Å². The van der Waals surface area contributed by atoms with Crippen molar-refractivity contribution in [1.82, 2.24) is 20.2 Å². The van der Waals surface area contributed by atoms with Crippen molar-refractivity contribution in [3.63, 3.8) is 0 Å². The van der Waals surface area contributed by atoms with Crippen LogP contribution in [0, 0.1) is 0 Å². The molecule has 2 amide bonds. The molecule has 1 fully saturated rings. The van der Waals surface area contributed by atoms with Crippen LogP contribution in [0.2, 0.25) is 0 Å². The third-order valence-electron chi connectivity index (χ3n) is 4.53. The van der Waals surface area contributed by atoms with Crippen LogP contribution in [0.1, 0.15) is 18.2 Å². The molecule has 1 atom stereocenters. The van der Waals surface area contributed by atoms with Crippen LogP contribution in [0.15, 0.2) is 35.6 Å². The number of thiocarbonyl (C=S) groups is 1. The molecule has 1 saturated heterocycles. The van der Waals surface area contributed by atoms with E-state index in [2.05, 4.69) is 15.3 Å². The van der Waals surface area contributed by atoms with Crippen LogP contribution in [0.25, 0.3) is 6.08 Å². The van der Waals surface area contributed by atoms with Gasteiger partial charge in [0.05, 0.1) is 11.2 Å². The molecule has 0 radical (unpaired) electrons. The highest BCUT2D eigenvalue weighted by molar-refractivity contribution is 8.26. The van der Waals surface area contributed by atoms with Crippen LogP contribution in [0.3, 0.4) is 0 Å². The standard InChI is InChI=1S/C19H18N4O4S2/c1-11(17(24)21-5-4-13-8-20-9-22-13)23-18(25)16(29-19(23)28)7-12-2-3-14-15(6-12)27-10-26-14/h2-3,6-9,11H,4-5,10H2,1H3,(H,20,22)(H,21,24)/b16-7-/t11-/m0/s1. The van der Waals surface area contributed by atoms with Crippen LogP contribution in [-0.2, 0) is 16.0 Å². The summed E-state index contributed by atoms with van der Waals surface area (Å²) in [4.78, 5) is 34.1. The van der Waals surface area contributed by atoms with Gasteiger partial charge in [-0.05, 0) is 30.7 Å². The Morgan fingerprint density at radius 1 is 1.45 bits per heavy atom. The summed E-state index contributed by atoms with van der Waals surface area (Å²) in [6, 6.07) is 4.74. The fourth-order valence-corrected chi connectivity index (χ4v) is 4.39. The summed E-state index contributed by atoms with van der Waals surface area (Å²) in [5, 5.41) is 2.83. The SMILES string of the molecule is C[C@@H](C(=O)NCCc1cnc[nH]1)N1C(=O)/C(=C/c2ccc3c(c2)OCO3)SC1=S. The highest BCUT2D eigenvalue weighted by atomic mass is 32.2. The van der Waals surface area contributed by atoms with Crippen LogP contribution in [-0.4, -0.2) is 50.4 Å². The third kappa shape index (κ3) is 4.13. The summed E-state index contributed by atoms with van der Waals surface area (Å²) in [6.45, 7) is 2.29. The molecule has 0 unspecified atom stereocenters. The van der Waals surface area contributed by atoms with Crippen LogP contribution in [0.4, 0.5) is 0 Å². The number of benzene rings is 1. The van der Waals surface area contributed by atoms with Crippen molar-refractivity contribution in [3.05, 3.63) is 46.9 Å². The molecule has 29 heavy (non-hydrogen) atoms.